The van der Waals surface area contributed by atoms with Crippen LogP contribution < -0.4 is 16.4 Å². The van der Waals surface area contributed by atoms with E-state index in [-0.39, 0.29) is 6.29 Å². The lowest BCUT2D eigenvalue weighted by Crippen LogP contribution is -2.60. The fourth-order valence-corrected chi connectivity index (χ4v) is 0.907. The minimum atomic E-state index is -0.00183. The zero-order chi connectivity index (χ0) is 6.91. The molecule has 4 N–H and O–H groups in total. The van der Waals surface area contributed by atoms with Gasteiger partial charge in [-0.05, 0) is 5.41 Å². The van der Waals surface area contributed by atoms with Crippen LogP contribution in [0.5, 0.6) is 0 Å². The summed E-state index contributed by atoms with van der Waals surface area (Å²) >= 11 is 0. The molecular formula is C6H15N3. The van der Waals surface area contributed by atoms with E-state index in [9.17, 15) is 0 Å². The van der Waals surface area contributed by atoms with Crippen molar-refractivity contribution in [3.63, 3.8) is 0 Å². The van der Waals surface area contributed by atoms with Gasteiger partial charge in [0, 0.05) is 13.1 Å². The summed E-state index contributed by atoms with van der Waals surface area (Å²) in [6, 6.07) is 0. The Morgan fingerprint density at radius 1 is 1.33 bits per heavy atom. The summed E-state index contributed by atoms with van der Waals surface area (Å²) in [5.41, 5.74) is 5.89. The first-order valence-corrected chi connectivity index (χ1v) is 3.32. The van der Waals surface area contributed by atoms with Crippen LogP contribution in [0.15, 0.2) is 0 Å². The van der Waals surface area contributed by atoms with Crippen LogP contribution in [0.4, 0.5) is 0 Å². The highest BCUT2D eigenvalue weighted by atomic mass is 15.2. The van der Waals surface area contributed by atoms with E-state index < -0.39 is 0 Å². The van der Waals surface area contributed by atoms with Crippen LogP contribution in [-0.2, 0) is 0 Å². The molecule has 3 heteroatoms. The maximum absolute atomic E-state index is 5.53. The summed E-state index contributed by atoms with van der Waals surface area (Å²) in [5.74, 6) is 0. The first-order chi connectivity index (χ1) is 4.10. The average Bonchev–Trinajstić information content (AvgIpc) is 1.78. The zero-order valence-electron chi connectivity index (χ0n) is 6.07. The summed E-state index contributed by atoms with van der Waals surface area (Å²) in [7, 11) is 0. The molecule has 0 radical (unpaired) electrons. The van der Waals surface area contributed by atoms with Crippen molar-refractivity contribution in [1.29, 1.82) is 0 Å². The summed E-state index contributed by atoms with van der Waals surface area (Å²) in [6.45, 7) is 6.42. The van der Waals surface area contributed by atoms with Crippen LogP contribution in [0.25, 0.3) is 0 Å². The first-order valence-electron chi connectivity index (χ1n) is 3.32. The highest BCUT2D eigenvalue weighted by Gasteiger charge is 2.23. The van der Waals surface area contributed by atoms with E-state index in [4.69, 9.17) is 5.73 Å². The lowest BCUT2D eigenvalue weighted by molar-refractivity contribution is 0.221. The Bertz CT molecular complexity index is 90.5. The molecule has 9 heavy (non-hydrogen) atoms. The molecule has 3 nitrogen and oxygen atoms in total. The summed E-state index contributed by atoms with van der Waals surface area (Å²) in [5, 5.41) is 6.28. The fourth-order valence-electron chi connectivity index (χ4n) is 0.907. The molecule has 1 aliphatic heterocycles. The molecule has 0 aliphatic carbocycles. The Labute approximate surface area is 56.0 Å². The van der Waals surface area contributed by atoms with Gasteiger partial charge in [-0.25, -0.2) is 0 Å². The van der Waals surface area contributed by atoms with Gasteiger partial charge in [0.15, 0.2) is 0 Å². The number of hydrogen-bond acceptors (Lipinski definition) is 3. The van der Waals surface area contributed by atoms with Crippen molar-refractivity contribution >= 4 is 0 Å². The van der Waals surface area contributed by atoms with E-state index in [1.807, 2.05) is 0 Å². The third kappa shape index (κ3) is 1.93. The molecule has 0 aromatic heterocycles. The van der Waals surface area contributed by atoms with Gasteiger partial charge in [-0.2, -0.15) is 0 Å². The number of nitrogens with one attached hydrogen (secondary N) is 2. The van der Waals surface area contributed by atoms with Gasteiger partial charge in [0.1, 0.15) is 6.29 Å². The van der Waals surface area contributed by atoms with Crippen molar-refractivity contribution in [3.8, 4) is 0 Å². The molecule has 0 atom stereocenters. The standard InChI is InChI=1S/C6H15N3/c1-6(2)3-8-5(7)9-4-6/h5,8-9H,3-4,7H2,1-2H3. The molecule has 1 saturated heterocycles. The SMILES string of the molecule is CC1(C)CNC(N)NC1. The zero-order valence-corrected chi connectivity index (χ0v) is 6.07. The Kier molecular flexibility index (Phi) is 1.75. The quantitative estimate of drug-likeness (QED) is 0.411. The van der Waals surface area contributed by atoms with Crippen molar-refractivity contribution in [2.45, 2.75) is 20.1 Å². The maximum atomic E-state index is 5.53. The summed E-state index contributed by atoms with van der Waals surface area (Å²) in [4.78, 5) is 0. The predicted molar refractivity (Wildman–Crippen MR) is 37.8 cm³/mol. The van der Waals surface area contributed by atoms with Crippen molar-refractivity contribution in [3.05, 3.63) is 0 Å². The fraction of sp³-hybridized carbons (Fsp3) is 1.00. The summed E-state index contributed by atoms with van der Waals surface area (Å²) in [6.07, 6.45) is -0.00183. The molecule has 1 aliphatic rings. The number of rotatable bonds is 0. The second-order valence-electron chi connectivity index (χ2n) is 3.40. The van der Waals surface area contributed by atoms with Gasteiger partial charge in [-0.3, -0.25) is 10.6 Å². The minimum Gasteiger partial charge on any atom is -0.304 e. The second-order valence-corrected chi connectivity index (χ2v) is 3.40. The van der Waals surface area contributed by atoms with E-state index in [1.54, 1.807) is 0 Å². The van der Waals surface area contributed by atoms with Gasteiger partial charge in [0.05, 0.1) is 0 Å². The second kappa shape index (κ2) is 2.25. The molecule has 0 aromatic carbocycles. The molecule has 0 aromatic rings. The van der Waals surface area contributed by atoms with Gasteiger partial charge in [-0.15, -0.1) is 0 Å². The lowest BCUT2D eigenvalue weighted by atomic mass is 9.92. The number of nitrogens with two attached hydrogens (primary N) is 1. The molecule has 0 bridgehead atoms. The Balaban J connectivity index is 2.35. The molecule has 1 heterocycles. The van der Waals surface area contributed by atoms with Crippen LogP contribution in [0.1, 0.15) is 13.8 Å². The molecule has 0 spiro atoms. The third-order valence-electron chi connectivity index (χ3n) is 1.60. The Hall–Kier alpha value is -0.120. The van der Waals surface area contributed by atoms with Crippen LogP contribution in [0, 0.1) is 5.41 Å². The molecule has 1 rings (SSSR count). The van der Waals surface area contributed by atoms with E-state index in [0.717, 1.165) is 13.1 Å². The predicted octanol–water partition coefficient (Wildman–Crippen LogP) is -0.552. The van der Waals surface area contributed by atoms with Crippen LogP contribution in [0.2, 0.25) is 0 Å². The minimum absolute atomic E-state index is 0.00183. The molecule has 54 valence electrons. The third-order valence-corrected chi connectivity index (χ3v) is 1.60. The molecule has 0 amide bonds. The van der Waals surface area contributed by atoms with Crippen LogP contribution >= 0.6 is 0 Å². The van der Waals surface area contributed by atoms with Gasteiger partial charge in [-0.1, -0.05) is 13.8 Å². The molecule has 1 fully saturated rings. The van der Waals surface area contributed by atoms with E-state index in [1.165, 1.54) is 0 Å². The molecular weight excluding hydrogens is 114 g/mol. The lowest BCUT2D eigenvalue weighted by Gasteiger charge is -2.34. The highest BCUT2D eigenvalue weighted by Crippen LogP contribution is 2.13. The molecule has 0 unspecified atom stereocenters. The van der Waals surface area contributed by atoms with Crippen molar-refractivity contribution < 1.29 is 0 Å². The van der Waals surface area contributed by atoms with E-state index in [0.29, 0.717) is 5.41 Å². The van der Waals surface area contributed by atoms with Crippen molar-refractivity contribution in [1.82, 2.24) is 10.6 Å². The highest BCUT2D eigenvalue weighted by molar-refractivity contribution is 4.80. The maximum Gasteiger partial charge on any atom is 0.109 e. The average molecular weight is 129 g/mol. The molecule has 0 saturated carbocycles. The van der Waals surface area contributed by atoms with Gasteiger partial charge < -0.3 is 5.73 Å². The normalized spacial score (nSPS) is 28.3. The van der Waals surface area contributed by atoms with Crippen molar-refractivity contribution in [2.24, 2.45) is 11.1 Å². The Morgan fingerprint density at radius 3 is 2.11 bits per heavy atom. The van der Waals surface area contributed by atoms with Gasteiger partial charge >= 0.3 is 0 Å². The topological polar surface area (TPSA) is 50.1 Å². The van der Waals surface area contributed by atoms with Crippen molar-refractivity contribution in [2.75, 3.05) is 13.1 Å². The van der Waals surface area contributed by atoms with Gasteiger partial charge in [0.25, 0.3) is 0 Å². The Morgan fingerprint density at radius 2 is 1.78 bits per heavy atom. The monoisotopic (exact) mass is 129 g/mol. The smallest absolute Gasteiger partial charge is 0.109 e. The largest absolute Gasteiger partial charge is 0.304 e. The summed E-state index contributed by atoms with van der Waals surface area (Å²) < 4.78 is 0. The van der Waals surface area contributed by atoms with E-state index in [2.05, 4.69) is 24.5 Å². The van der Waals surface area contributed by atoms with E-state index >= 15 is 0 Å². The number of hydrogen-bond donors (Lipinski definition) is 3. The van der Waals surface area contributed by atoms with Gasteiger partial charge in [0.2, 0.25) is 0 Å². The first kappa shape index (κ1) is 6.99. The van der Waals surface area contributed by atoms with Crippen LogP contribution in [0.3, 0.4) is 0 Å². The van der Waals surface area contributed by atoms with Crippen LogP contribution in [-0.4, -0.2) is 19.4 Å².